The molecule has 3 aliphatic heterocycles. The Kier molecular flexibility index (Phi) is 3.70. The van der Waals surface area contributed by atoms with Crippen LogP contribution in [0.3, 0.4) is 0 Å². The number of urea groups is 1. The van der Waals surface area contributed by atoms with Crippen LogP contribution < -0.4 is 4.90 Å². The van der Waals surface area contributed by atoms with Crippen LogP contribution in [-0.4, -0.2) is 57.9 Å². The van der Waals surface area contributed by atoms with Crippen LogP contribution in [0.25, 0.3) is 0 Å². The SMILES string of the molecule is CCC[C@]12CCCN1C(=O)N([C@H]1CCN(c3ccccn3)C1)C2=O. The Hall–Kier alpha value is -2.11. The maximum Gasteiger partial charge on any atom is 0.327 e. The first-order chi connectivity index (χ1) is 11.7. The van der Waals surface area contributed by atoms with Crippen LogP contribution in [0.1, 0.15) is 39.0 Å². The largest absolute Gasteiger partial charge is 0.354 e. The van der Waals surface area contributed by atoms with Crippen molar-refractivity contribution in [2.45, 2.75) is 50.6 Å². The first kappa shape index (κ1) is 15.4. The predicted molar refractivity (Wildman–Crippen MR) is 90.7 cm³/mol. The van der Waals surface area contributed by atoms with E-state index in [-0.39, 0.29) is 18.0 Å². The second-order valence-electron chi connectivity index (χ2n) is 7.07. The smallest absolute Gasteiger partial charge is 0.327 e. The Morgan fingerprint density at radius 3 is 2.92 bits per heavy atom. The van der Waals surface area contributed by atoms with Gasteiger partial charge in [0.1, 0.15) is 11.4 Å². The molecule has 6 heteroatoms. The van der Waals surface area contributed by atoms with E-state index >= 15 is 0 Å². The topological polar surface area (TPSA) is 56.8 Å². The first-order valence-corrected chi connectivity index (χ1v) is 8.98. The molecule has 3 amide bonds. The van der Waals surface area contributed by atoms with Crippen molar-refractivity contribution >= 4 is 17.8 Å². The summed E-state index contributed by atoms with van der Waals surface area (Å²) >= 11 is 0. The van der Waals surface area contributed by atoms with Crippen LogP contribution >= 0.6 is 0 Å². The first-order valence-electron chi connectivity index (χ1n) is 8.98. The van der Waals surface area contributed by atoms with Gasteiger partial charge in [-0.2, -0.15) is 0 Å². The number of imide groups is 1. The number of carbonyl (C=O) groups is 2. The van der Waals surface area contributed by atoms with E-state index < -0.39 is 5.54 Å². The van der Waals surface area contributed by atoms with Gasteiger partial charge in [0.2, 0.25) is 0 Å². The fraction of sp³-hybridized carbons (Fsp3) is 0.611. The van der Waals surface area contributed by atoms with Gasteiger partial charge in [0, 0.05) is 25.8 Å². The summed E-state index contributed by atoms with van der Waals surface area (Å²) in [6, 6.07) is 5.74. The summed E-state index contributed by atoms with van der Waals surface area (Å²) in [7, 11) is 0. The van der Waals surface area contributed by atoms with Gasteiger partial charge in [0.05, 0.1) is 6.04 Å². The van der Waals surface area contributed by atoms with E-state index in [1.807, 2.05) is 23.1 Å². The Morgan fingerprint density at radius 1 is 1.29 bits per heavy atom. The van der Waals surface area contributed by atoms with Gasteiger partial charge in [0.15, 0.2) is 0 Å². The minimum Gasteiger partial charge on any atom is -0.354 e. The molecular weight excluding hydrogens is 304 g/mol. The summed E-state index contributed by atoms with van der Waals surface area (Å²) in [5, 5.41) is 0. The summed E-state index contributed by atoms with van der Waals surface area (Å²) in [5.74, 6) is 0.961. The second kappa shape index (κ2) is 5.76. The molecule has 3 saturated heterocycles. The summed E-state index contributed by atoms with van der Waals surface area (Å²) in [5.41, 5.74) is -0.551. The molecule has 6 nitrogen and oxygen atoms in total. The summed E-state index contributed by atoms with van der Waals surface area (Å²) < 4.78 is 0. The number of fused-ring (bicyclic) bond motifs is 1. The quantitative estimate of drug-likeness (QED) is 0.796. The highest BCUT2D eigenvalue weighted by Crippen LogP contribution is 2.42. The fourth-order valence-corrected chi connectivity index (χ4v) is 4.62. The third-order valence-electron chi connectivity index (χ3n) is 5.71. The number of hydrogen-bond acceptors (Lipinski definition) is 4. The van der Waals surface area contributed by atoms with Crippen molar-refractivity contribution < 1.29 is 9.59 Å². The maximum atomic E-state index is 13.2. The Bertz CT molecular complexity index is 650. The van der Waals surface area contributed by atoms with E-state index in [2.05, 4.69) is 16.8 Å². The molecule has 0 aromatic carbocycles. The molecular formula is C18H24N4O2. The van der Waals surface area contributed by atoms with E-state index in [0.29, 0.717) is 6.54 Å². The fourth-order valence-electron chi connectivity index (χ4n) is 4.62. The average Bonchev–Trinajstić information content (AvgIpc) is 3.27. The molecule has 3 fully saturated rings. The maximum absolute atomic E-state index is 13.2. The lowest BCUT2D eigenvalue weighted by Gasteiger charge is -2.27. The molecule has 0 spiro atoms. The van der Waals surface area contributed by atoms with Crippen molar-refractivity contribution in [3.63, 3.8) is 0 Å². The Balaban J connectivity index is 1.55. The van der Waals surface area contributed by atoms with Crippen molar-refractivity contribution in [3.8, 4) is 0 Å². The van der Waals surface area contributed by atoms with Gasteiger partial charge in [-0.1, -0.05) is 19.4 Å². The number of amides is 3. The highest BCUT2D eigenvalue weighted by atomic mass is 16.2. The van der Waals surface area contributed by atoms with Crippen LogP contribution in [0.5, 0.6) is 0 Å². The molecule has 128 valence electrons. The van der Waals surface area contributed by atoms with Crippen molar-refractivity contribution in [3.05, 3.63) is 24.4 Å². The molecule has 0 aliphatic carbocycles. The third-order valence-corrected chi connectivity index (χ3v) is 5.71. The number of nitrogens with zero attached hydrogens (tertiary/aromatic N) is 4. The lowest BCUT2D eigenvalue weighted by Crippen LogP contribution is -2.46. The normalized spacial score (nSPS) is 29.7. The minimum absolute atomic E-state index is 0.0358. The number of anilines is 1. The van der Waals surface area contributed by atoms with Crippen molar-refractivity contribution in [1.29, 1.82) is 0 Å². The number of hydrogen-bond donors (Lipinski definition) is 0. The van der Waals surface area contributed by atoms with Gasteiger partial charge in [-0.15, -0.1) is 0 Å². The molecule has 0 bridgehead atoms. The zero-order valence-corrected chi connectivity index (χ0v) is 14.1. The van der Waals surface area contributed by atoms with Gasteiger partial charge >= 0.3 is 6.03 Å². The zero-order chi connectivity index (χ0) is 16.7. The standard InChI is InChI=1S/C18H24N4O2/c1-2-8-18-9-5-11-21(18)17(24)22(16(18)23)14-7-12-20(13-14)15-6-3-4-10-19-15/h3-4,6,10,14H,2,5,7-9,11-13H2,1H3/t14-,18+/m0/s1. The van der Waals surface area contributed by atoms with E-state index in [1.54, 1.807) is 11.1 Å². The molecule has 0 N–H and O–H groups in total. The average molecular weight is 328 g/mol. The number of carbonyl (C=O) groups excluding carboxylic acids is 2. The van der Waals surface area contributed by atoms with E-state index in [0.717, 1.165) is 51.0 Å². The van der Waals surface area contributed by atoms with E-state index in [1.165, 1.54) is 0 Å². The molecule has 4 heterocycles. The summed E-state index contributed by atoms with van der Waals surface area (Å²) in [6.45, 7) is 4.33. The minimum atomic E-state index is -0.551. The Morgan fingerprint density at radius 2 is 2.17 bits per heavy atom. The molecule has 3 aliphatic rings. The molecule has 0 unspecified atom stereocenters. The van der Waals surface area contributed by atoms with Gasteiger partial charge < -0.3 is 9.80 Å². The van der Waals surface area contributed by atoms with Crippen LogP contribution in [0.4, 0.5) is 10.6 Å². The van der Waals surface area contributed by atoms with E-state index in [9.17, 15) is 9.59 Å². The van der Waals surface area contributed by atoms with Crippen molar-refractivity contribution in [2.24, 2.45) is 0 Å². The molecule has 1 aromatic rings. The highest BCUT2D eigenvalue weighted by Gasteiger charge is 2.60. The van der Waals surface area contributed by atoms with Gasteiger partial charge in [-0.25, -0.2) is 9.78 Å². The van der Waals surface area contributed by atoms with Gasteiger partial charge in [0.25, 0.3) is 5.91 Å². The van der Waals surface area contributed by atoms with Crippen molar-refractivity contribution in [1.82, 2.24) is 14.8 Å². The molecule has 4 rings (SSSR count). The Labute approximate surface area is 142 Å². The van der Waals surface area contributed by atoms with Crippen molar-refractivity contribution in [2.75, 3.05) is 24.5 Å². The second-order valence-corrected chi connectivity index (χ2v) is 7.07. The number of pyridine rings is 1. The predicted octanol–water partition coefficient (Wildman–Crippen LogP) is 2.26. The zero-order valence-electron chi connectivity index (χ0n) is 14.1. The third kappa shape index (κ3) is 2.12. The summed E-state index contributed by atoms with van der Waals surface area (Å²) in [4.78, 5) is 36.0. The van der Waals surface area contributed by atoms with Gasteiger partial charge in [-0.05, 0) is 37.8 Å². The monoisotopic (exact) mass is 328 g/mol. The lowest BCUT2D eigenvalue weighted by atomic mass is 9.90. The van der Waals surface area contributed by atoms with Gasteiger partial charge in [-0.3, -0.25) is 9.69 Å². The van der Waals surface area contributed by atoms with Crippen LogP contribution in [0, 0.1) is 0 Å². The molecule has 0 radical (unpaired) electrons. The molecule has 1 aromatic heterocycles. The van der Waals surface area contributed by atoms with Crippen LogP contribution in [-0.2, 0) is 4.79 Å². The van der Waals surface area contributed by atoms with Crippen LogP contribution in [0.15, 0.2) is 24.4 Å². The summed E-state index contributed by atoms with van der Waals surface area (Å²) in [6.07, 6.45) is 6.07. The van der Waals surface area contributed by atoms with E-state index in [4.69, 9.17) is 0 Å². The number of aromatic nitrogens is 1. The highest BCUT2D eigenvalue weighted by molar-refractivity contribution is 6.07. The lowest BCUT2D eigenvalue weighted by molar-refractivity contribution is -0.134. The number of rotatable bonds is 4. The molecule has 0 saturated carbocycles. The van der Waals surface area contributed by atoms with Crippen LogP contribution in [0.2, 0.25) is 0 Å². The molecule has 24 heavy (non-hydrogen) atoms. The molecule has 2 atom stereocenters.